The third-order valence-corrected chi connectivity index (χ3v) is 7.55. The van der Waals surface area contributed by atoms with Gasteiger partial charge in [-0.15, -0.1) is 22.7 Å². The van der Waals surface area contributed by atoms with Crippen LogP contribution < -0.4 is 14.8 Å². The number of amides is 3. The van der Waals surface area contributed by atoms with E-state index in [9.17, 15) is 19.5 Å². The average Bonchev–Trinajstić information content (AvgIpc) is 3.60. The third kappa shape index (κ3) is 6.16. The smallest absolute Gasteiger partial charge is 0.318 e. The van der Waals surface area contributed by atoms with Crippen LogP contribution in [0.3, 0.4) is 0 Å². The first kappa shape index (κ1) is 25.5. The van der Waals surface area contributed by atoms with E-state index in [4.69, 9.17) is 9.47 Å². The number of carbonyl (C=O) groups is 3. The third-order valence-electron chi connectivity index (χ3n) is 5.82. The first-order valence-electron chi connectivity index (χ1n) is 11.2. The average molecular weight is 530 g/mol. The van der Waals surface area contributed by atoms with Gasteiger partial charge in [0.2, 0.25) is 12.7 Å². The van der Waals surface area contributed by atoms with Crippen molar-refractivity contribution in [2.45, 2.75) is 32.0 Å². The number of hydrogen-bond donors (Lipinski definition) is 2. The molecule has 0 radical (unpaired) electrons. The molecule has 2 N–H and O–H groups in total. The van der Waals surface area contributed by atoms with E-state index < -0.39 is 17.5 Å². The van der Waals surface area contributed by atoms with Crippen LogP contribution in [0.2, 0.25) is 0 Å². The number of urea groups is 1. The number of hydrogen-bond acceptors (Lipinski definition) is 7. The maximum Gasteiger partial charge on any atom is 0.318 e. The van der Waals surface area contributed by atoms with E-state index >= 15 is 0 Å². The van der Waals surface area contributed by atoms with Crippen molar-refractivity contribution in [2.24, 2.45) is 0 Å². The van der Waals surface area contributed by atoms with Gasteiger partial charge in [-0.05, 0) is 47.5 Å². The van der Waals surface area contributed by atoms with Gasteiger partial charge in [-0.2, -0.15) is 0 Å². The van der Waals surface area contributed by atoms with Crippen molar-refractivity contribution in [2.75, 3.05) is 20.4 Å². The van der Waals surface area contributed by atoms with Crippen LogP contribution in [0.15, 0.2) is 53.2 Å². The first-order chi connectivity index (χ1) is 17.2. The lowest BCUT2D eigenvalue weighted by Crippen LogP contribution is -2.51. The van der Waals surface area contributed by atoms with Crippen LogP contribution in [-0.2, 0) is 28.2 Å². The number of carboxylic acids is 1. The zero-order chi connectivity index (χ0) is 25.7. The Labute approximate surface area is 216 Å². The second-order valence-corrected chi connectivity index (χ2v) is 10.7. The fourth-order valence-corrected chi connectivity index (χ4v) is 5.32. The molecule has 3 amide bonds. The molecule has 1 aromatic carbocycles. The number of rotatable bonds is 10. The van der Waals surface area contributed by atoms with E-state index in [1.165, 1.54) is 11.9 Å². The Hall–Kier alpha value is -3.57. The van der Waals surface area contributed by atoms with E-state index in [0.717, 1.165) is 9.75 Å². The summed E-state index contributed by atoms with van der Waals surface area (Å²) < 4.78 is 10.7. The molecule has 11 heteroatoms. The van der Waals surface area contributed by atoms with Crippen LogP contribution in [-0.4, -0.2) is 53.2 Å². The summed E-state index contributed by atoms with van der Waals surface area (Å²) in [5, 5.41) is 16.3. The van der Waals surface area contributed by atoms with Gasteiger partial charge in [-0.25, -0.2) is 4.79 Å². The predicted octanol–water partition coefficient (Wildman–Crippen LogP) is 4.10. The van der Waals surface area contributed by atoms with E-state index in [1.807, 2.05) is 35.0 Å². The topological polar surface area (TPSA) is 108 Å². The molecule has 4 rings (SSSR count). The SMILES string of the molecule is CN(CC(=O)N(Cc1cccs1)Cc1cccs1)C(=O)N[C@@](C)(CC(=O)O)c1ccc2c(c1)OCO2. The second kappa shape index (κ2) is 11.0. The minimum absolute atomic E-state index is 0.0824. The van der Waals surface area contributed by atoms with Gasteiger partial charge < -0.3 is 29.7 Å². The van der Waals surface area contributed by atoms with E-state index in [0.29, 0.717) is 30.2 Å². The molecular formula is C25H27N3O6S2. The van der Waals surface area contributed by atoms with Crippen LogP contribution in [0.5, 0.6) is 11.5 Å². The molecule has 0 fully saturated rings. The summed E-state index contributed by atoms with van der Waals surface area (Å²) in [6.07, 6.45) is -0.358. The van der Waals surface area contributed by atoms with E-state index in [-0.39, 0.29) is 25.7 Å². The van der Waals surface area contributed by atoms with Crippen LogP contribution >= 0.6 is 22.7 Å². The highest BCUT2D eigenvalue weighted by atomic mass is 32.1. The van der Waals surface area contributed by atoms with Gasteiger partial charge in [0.25, 0.3) is 0 Å². The molecule has 1 aliphatic rings. The number of carbonyl (C=O) groups excluding carboxylic acids is 2. The van der Waals surface area contributed by atoms with Crippen LogP contribution in [0.1, 0.15) is 28.7 Å². The lowest BCUT2D eigenvalue weighted by molar-refractivity contribution is -0.138. The highest BCUT2D eigenvalue weighted by Crippen LogP contribution is 2.37. The van der Waals surface area contributed by atoms with Crippen molar-refractivity contribution in [1.29, 1.82) is 0 Å². The number of fused-ring (bicyclic) bond motifs is 1. The van der Waals surface area contributed by atoms with Gasteiger partial charge in [0.1, 0.15) is 6.54 Å². The maximum absolute atomic E-state index is 13.2. The summed E-state index contributed by atoms with van der Waals surface area (Å²) in [6, 6.07) is 12.3. The summed E-state index contributed by atoms with van der Waals surface area (Å²) in [7, 11) is 1.52. The molecule has 2 aromatic heterocycles. The lowest BCUT2D eigenvalue weighted by atomic mass is 9.88. The van der Waals surface area contributed by atoms with Crippen molar-refractivity contribution >= 4 is 40.6 Å². The molecule has 0 spiro atoms. The molecule has 0 aliphatic carbocycles. The monoisotopic (exact) mass is 529 g/mol. The normalized spacial score (nSPS) is 13.6. The molecule has 9 nitrogen and oxygen atoms in total. The largest absolute Gasteiger partial charge is 0.481 e. The molecule has 1 atom stereocenters. The molecule has 0 unspecified atom stereocenters. The molecule has 36 heavy (non-hydrogen) atoms. The molecule has 0 saturated carbocycles. The highest BCUT2D eigenvalue weighted by Gasteiger charge is 2.34. The number of nitrogens with zero attached hydrogens (tertiary/aromatic N) is 2. The Morgan fingerprint density at radius 1 is 1.03 bits per heavy atom. The van der Waals surface area contributed by atoms with Crippen molar-refractivity contribution in [3.63, 3.8) is 0 Å². The number of aliphatic carboxylic acids is 1. The van der Waals surface area contributed by atoms with Gasteiger partial charge in [0.05, 0.1) is 25.0 Å². The van der Waals surface area contributed by atoms with Gasteiger partial charge in [0.15, 0.2) is 11.5 Å². The van der Waals surface area contributed by atoms with Crippen LogP contribution in [0.25, 0.3) is 0 Å². The number of carboxylic acid groups (broad SMARTS) is 1. The molecule has 0 bridgehead atoms. The van der Waals surface area contributed by atoms with Gasteiger partial charge in [-0.3, -0.25) is 9.59 Å². The number of ether oxygens (including phenoxy) is 2. The van der Waals surface area contributed by atoms with E-state index in [2.05, 4.69) is 5.32 Å². The Kier molecular flexibility index (Phi) is 7.80. The lowest BCUT2D eigenvalue weighted by Gasteiger charge is -2.33. The molecule has 0 saturated heterocycles. The second-order valence-electron chi connectivity index (χ2n) is 8.67. The fraction of sp³-hybridized carbons (Fsp3) is 0.320. The summed E-state index contributed by atoms with van der Waals surface area (Å²) in [4.78, 5) is 43.1. The van der Waals surface area contributed by atoms with Crippen molar-refractivity contribution < 1.29 is 29.0 Å². The van der Waals surface area contributed by atoms with Crippen molar-refractivity contribution in [3.8, 4) is 11.5 Å². The molecular weight excluding hydrogens is 502 g/mol. The number of benzene rings is 1. The zero-order valence-electron chi connectivity index (χ0n) is 19.9. The summed E-state index contributed by atoms with van der Waals surface area (Å²) >= 11 is 3.14. The molecule has 190 valence electrons. The summed E-state index contributed by atoms with van der Waals surface area (Å²) in [6.45, 7) is 2.44. The van der Waals surface area contributed by atoms with Crippen molar-refractivity contribution in [1.82, 2.24) is 15.1 Å². The highest BCUT2D eigenvalue weighted by molar-refractivity contribution is 7.10. The molecule has 1 aliphatic heterocycles. The summed E-state index contributed by atoms with van der Waals surface area (Å²) in [5.74, 6) is -0.244. The molecule has 3 heterocycles. The van der Waals surface area contributed by atoms with Gasteiger partial charge >= 0.3 is 12.0 Å². The fourth-order valence-electron chi connectivity index (χ4n) is 3.88. The van der Waals surface area contributed by atoms with Gasteiger partial charge in [0, 0.05) is 16.8 Å². The van der Waals surface area contributed by atoms with Crippen LogP contribution in [0, 0.1) is 0 Å². The minimum atomic E-state index is -1.24. The molecule has 3 aromatic rings. The zero-order valence-corrected chi connectivity index (χ0v) is 21.6. The Morgan fingerprint density at radius 3 is 2.25 bits per heavy atom. The quantitative estimate of drug-likeness (QED) is 0.409. The van der Waals surface area contributed by atoms with Crippen LogP contribution in [0.4, 0.5) is 4.79 Å². The Balaban J connectivity index is 1.46. The standard InChI is InChI=1S/C25H27N3O6S2/c1-25(12-23(30)31,17-7-8-20-21(11-17)34-16-33-20)26-24(32)27(2)15-22(29)28(13-18-5-3-9-35-18)14-19-6-4-10-36-19/h3-11H,12-16H2,1-2H3,(H,26,32)(H,30,31)/t25-/m0/s1. The predicted molar refractivity (Wildman–Crippen MR) is 136 cm³/mol. The Bertz CT molecular complexity index is 1180. The maximum atomic E-state index is 13.2. The van der Waals surface area contributed by atoms with Gasteiger partial charge in [-0.1, -0.05) is 18.2 Å². The first-order valence-corrected chi connectivity index (χ1v) is 13.0. The van der Waals surface area contributed by atoms with Crippen molar-refractivity contribution in [3.05, 3.63) is 68.5 Å². The minimum Gasteiger partial charge on any atom is -0.481 e. The Morgan fingerprint density at radius 2 is 1.67 bits per heavy atom. The number of likely N-dealkylation sites (N-methyl/N-ethyl adjacent to an activating group) is 1. The number of nitrogens with one attached hydrogen (secondary N) is 1. The number of thiophene rings is 2. The van der Waals surface area contributed by atoms with E-state index in [1.54, 1.807) is 52.7 Å². The summed E-state index contributed by atoms with van der Waals surface area (Å²) in [5.41, 5.74) is -0.686.